The minimum atomic E-state index is -0.539. The first kappa shape index (κ1) is 23.3. The third kappa shape index (κ3) is 4.37. The Kier molecular flexibility index (Phi) is 7.05. The molecule has 0 saturated heterocycles. The lowest BCUT2D eigenvalue weighted by molar-refractivity contribution is -0.407. The van der Waals surface area contributed by atoms with Crippen LogP contribution in [0.1, 0.15) is 12.5 Å². The maximum absolute atomic E-state index is 12.3. The number of ether oxygens (including phenoxy) is 3. The van der Waals surface area contributed by atoms with Gasteiger partial charge in [0.25, 0.3) is 0 Å². The molecule has 0 radical (unpaired) electrons. The summed E-state index contributed by atoms with van der Waals surface area (Å²) in [4.78, 5) is 12.3. The van der Waals surface area contributed by atoms with Crippen LogP contribution in [0.15, 0.2) is 60.7 Å². The molecule has 0 aliphatic carbocycles. The number of esters is 1. The molecule has 0 amide bonds. The van der Waals surface area contributed by atoms with Crippen molar-refractivity contribution in [1.29, 1.82) is 0 Å². The first-order valence-corrected chi connectivity index (χ1v) is 11.9. The number of hydrogen-bond acceptors (Lipinski definition) is 4. The highest BCUT2D eigenvalue weighted by Crippen LogP contribution is 2.48. The third-order valence-electron chi connectivity index (χ3n) is 5.78. The van der Waals surface area contributed by atoms with Crippen LogP contribution in [0.3, 0.4) is 0 Å². The van der Waals surface area contributed by atoms with Gasteiger partial charge in [-0.3, -0.25) is 0 Å². The van der Waals surface area contributed by atoms with E-state index in [1.165, 1.54) is 0 Å². The van der Waals surface area contributed by atoms with Crippen molar-refractivity contribution in [3.8, 4) is 22.6 Å². The van der Waals surface area contributed by atoms with Crippen molar-refractivity contribution >= 4 is 50.1 Å². The van der Waals surface area contributed by atoms with Crippen LogP contribution in [0.2, 0.25) is 0 Å². The highest BCUT2D eigenvalue weighted by Gasteiger charge is 2.26. The standard InChI is InChI=1S/C27H26INO4/c1-4-33-27(30)22(29)15-18-13-16-9-5-7-11-19(16)23(25(18)31-2)24-20-12-8-6-10-17(20)14-21(28)26(24)32-3/h5-14,22H,4,15,29H2,1-3H3/p+1. The number of carbonyl (C=O) groups is 1. The van der Waals surface area contributed by atoms with E-state index in [4.69, 9.17) is 14.2 Å². The second kappa shape index (κ2) is 9.97. The Balaban J connectivity index is 2.08. The van der Waals surface area contributed by atoms with E-state index in [9.17, 15) is 4.79 Å². The number of fused-ring (bicyclic) bond motifs is 2. The number of methoxy groups -OCH3 is 2. The van der Waals surface area contributed by atoms with Gasteiger partial charge >= 0.3 is 5.97 Å². The molecule has 4 aromatic carbocycles. The zero-order valence-corrected chi connectivity index (χ0v) is 21.1. The van der Waals surface area contributed by atoms with Crippen LogP contribution in [-0.4, -0.2) is 32.8 Å². The first-order chi connectivity index (χ1) is 16.0. The quantitative estimate of drug-likeness (QED) is 0.257. The monoisotopic (exact) mass is 556 g/mol. The molecule has 0 aliphatic rings. The van der Waals surface area contributed by atoms with Gasteiger partial charge in [-0.2, -0.15) is 0 Å². The van der Waals surface area contributed by atoms with E-state index < -0.39 is 6.04 Å². The predicted molar refractivity (Wildman–Crippen MR) is 140 cm³/mol. The van der Waals surface area contributed by atoms with Crippen LogP contribution < -0.4 is 15.2 Å². The summed E-state index contributed by atoms with van der Waals surface area (Å²) in [5.74, 6) is 1.20. The number of hydrogen-bond donors (Lipinski definition) is 1. The number of quaternary nitrogens is 1. The maximum Gasteiger partial charge on any atom is 0.365 e. The number of carbonyl (C=O) groups excluding carboxylic acids is 1. The minimum absolute atomic E-state index is 0.313. The summed E-state index contributed by atoms with van der Waals surface area (Å²) in [5.41, 5.74) is 6.89. The van der Waals surface area contributed by atoms with Crippen LogP contribution >= 0.6 is 22.6 Å². The van der Waals surface area contributed by atoms with Gasteiger partial charge in [-0.15, -0.1) is 0 Å². The smallest absolute Gasteiger partial charge is 0.365 e. The normalized spacial score (nSPS) is 12.0. The molecule has 6 heteroatoms. The average molecular weight is 556 g/mol. The van der Waals surface area contributed by atoms with Crippen molar-refractivity contribution in [3.05, 3.63) is 69.8 Å². The van der Waals surface area contributed by atoms with Gasteiger partial charge in [0, 0.05) is 23.1 Å². The highest BCUT2D eigenvalue weighted by molar-refractivity contribution is 14.1. The zero-order chi connectivity index (χ0) is 23.5. The fourth-order valence-electron chi connectivity index (χ4n) is 4.37. The molecular weight excluding hydrogens is 529 g/mol. The third-order valence-corrected chi connectivity index (χ3v) is 6.58. The van der Waals surface area contributed by atoms with Crippen molar-refractivity contribution in [2.75, 3.05) is 20.8 Å². The fourth-order valence-corrected chi connectivity index (χ4v) is 5.20. The molecule has 0 saturated carbocycles. The van der Waals surface area contributed by atoms with Gasteiger partial charge in [0.1, 0.15) is 11.5 Å². The Hall–Kier alpha value is -2.84. The molecule has 170 valence electrons. The van der Waals surface area contributed by atoms with Crippen molar-refractivity contribution < 1.29 is 24.7 Å². The number of halogens is 1. The lowest BCUT2D eigenvalue weighted by atomic mass is 9.89. The molecule has 0 aromatic heterocycles. The molecule has 4 aromatic rings. The Morgan fingerprint density at radius 1 is 0.909 bits per heavy atom. The zero-order valence-electron chi connectivity index (χ0n) is 19.0. The van der Waals surface area contributed by atoms with Gasteiger partial charge in [0.2, 0.25) is 0 Å². The predicted octanol–water partition coefficient (Wildman–Crippen LogP) is 5.00. The van der Waals surface area contributed by atoms with E-state index in [2.05, 4.69) is 64.7 Å². The molecule has 3 N–H and O–H groups in total. The number of rotatable bonds is 7. The van der Waals surface area contributed by atoms with E-state index >= 15 is 0 Å². The molecule has 0 heterocycles. The SMILES string of the molecule is CCOC(=O)C([NH3+])Cc1cc2ccccc2c(-c2c(OC)c(I)cc3ccccc23)c1OC. The van der Waals surface area contributed by atoms with Gasteiger partial charge in [-0.05, 0) is 63.2 Å². The van der Waals surface area contributed by atoms with E-state index in [1.807, 2.05) is 24.3 Å². The molecule has 0 spiro atoms. The van der Waals surface area contributed by atoms with Crippen molar-refractivity contribution in [1.82, 2.24) is 0 Å². The van der Waals surface area contributed by atoms with Crippen LogP contribution in [0.4, 0.5) is 0 Å². The average Bonchev–Trinajstić information content (AvgIpc) is 2.82. The fraction of sp³-hybridized carbons (Fsp3) is 0.222. The Bertz CT molecular complexity index is 1340. The Morgan fingerprint density at radius 3 is 2.03 bits per heavy atom. The van der Waals surface area contributed by atoms with Crippen LogP contribution in [0, 0.1) is 3.57 Å². The molecule has 33 heavy (non-hydrogen) atoms. The van der Waals surface area contributed by atoms with E-state index in [0.717, 1.165) is 53.3 Å². The lowest BCUT2D eigenvalue weighted by Gasteiger charge is -2.21. The molecule has 4 rings (SSSR count). The van der Waals surface area contributed by atoms with Gasteiger partial charge < -0.3 is 19.9 Å². The molecule has 0 bridgehead atoms. The molecule has 1 unspecified atom stereocenters. The van der Waals surface area contributed by atoms with Gasteiger partial charge in [0.05, 0.1) is 24.4 Å². The molecule has 1 atom stereocenters. The second-order valence-corrected chi connectivity index (χ2v) is 8.97. The van der Waals surface area contributed by atoms with Crippen molar-refractivity contribution in [3.63, 3.8) is 0 Å². The Labute approximate surface area is 207 Å². The molecular formula is C27H27INO4+. The molecule has 0 aliphatic heterocycles. The highest BCUT2D eigenvalue weighted by atomic mass is 127. The molecule has 0 fully saturated rings. The second-order valence-electron chi connectivity index (χ2n) is 7.81. The van der Waals surface area contributed by atoms with Crippen LogP contribution in [0.25, 0.3) is 32.7 Å². The van der Waals surface area contributed by atoms with Gasteiger partial charge in [0.15, 0.2) is 6.04 Å². The first-order valence-electron chi connectivity index (χ1n) is 10.8. The molecule has 5 nitrogen and oxygen atoms in total. The van der Waals surface area contributed by atoms with Crippen molar-refractivity contribution in [2.24, 2.45) is 0 Å². The van der Waals surface area contributed by atoms with Crippen molar-refractivity contribution in [2.45, 2.75) is 19.4 Å². The topological polar surface area (TPSA) is 72.4 Å². The van der Waals surface area contributed by atoms with E-state index in [0.29, 0.717) is 13.0 Å². The summed E-state index contributed by atoms with van der Waals surface area (Å²) in [7, 11) is 3.36. The lowest BCUT2D eigenvalue weighted by Crippen LogP contribution is -2.66. The summed E-state index contributed by atoms with van der Waals surface area (Å²) in [6.45, 7) is 2.13. The van der Waals surface area contributed by atoms with E-state index in [1.54, 1.807) is 21.1 Å². The van der Waals surface area contributed by atoms with Gasteiger partial charge in [-0.25, -0.2) is 4.79 Å². The van der Waals surface area contributed by atoms with Gasteiger partial charge in [-0.1, -0.05) is 48.5 Å². The Morgan fingerprint density at radius 2 is 1.45 bits per heavy atom. The minimum Gasteiger partial charge on any atom is -0.496 e. The largest absolute Gasteiger partial charge is 0.496 e. The van der Waals surface area contributed by atoms with Crippen LogP contribution in [0.5, 0.6) is 11.5 Å². The van der Waals surface area contributed by atoms with Crippen LogP contribution in [-0.2, 0) is 16.0 Å². The summed E-state index contributed by atoms with van der Waals surface area (Å²) in [5, 5.41) is 4.31. The maximum atomic E-state index is 12.3. The van der Waals surface area contributed by atoms with E-state index in [-0.39, 0.29) is 5.97 Å². The number of benzene rings is 4. The summed E-state index contributed by atoms with van der Waals surface area (Å²) in [6, 6.07) is 20.2. The summed E-state index contributed by atoms with van der Waals surface area (Å²) >= 11 is 2.32. The summed E-state index contributed by atoms with van der Waals surface area (Å²) < 4.78 is 18.2. The summed E-state index contributed by atoms with van der Waals surface area (Å²) in [6.07, 6.45) is 0.407.